The zero-order valence-corrected chi connectivity index (χ0v) is 11.1. The lowest BCUT2D eigenvalue weighted by molar-refractivity contribution is -0.141. The quantitative estimate of drug-likeness (QED) is 0.712. The number of rotatable bonds is 5. The van der Waals surface area contributed by atoms with Gasteiger partial charge in [-0.25, -0.2) is 8.88 Å². The summed E-state index contributed by atoms with van der Waals surface area (Å²) in [6, 6.07) is 5.39. The molecule has 1 atom stereocenters. The zero-order chi connectivity index (χ0) is 13.1. The van der Waals surface area contributed by atoms with E-state index in [1.54, 1.807) is 18.3 Å². The summed E-state index contributed by atoms with van der Waals surface area (Å²) in [5, 5.41) is 22.8. The van der Waals surface area contributed by atoms with Gasteiger partial charge in [0, 0.05) is 23.5 Å². The molecule has 0 radical (unpaired) electrons. The lowest BCUT2D eigenvalue weighted by Crippen LogP contribution is -2.16. The van der Waals surface area contributed by atoms with Crippen LogP contribution in [0.4, 0.5) is 0 Å². The van der Waals surface area contributed by atoms with Crippen LogP contribution in [0.3, 0.4) is 0 Å². The molecule has 7 nitrogen and oxygen atoms in total. The molecule has 1 heterocycles. The second-order valence-corrected chi connectivity index (χ2v) is 4.51. The van der Waals surface area contributed by atoms with Gasteiger partial charge in [0.15, 0.2) is 0 Å². The van der Waals surface area contributed by atoms with Crippen LogP contribution in [-0.4, -0.2) is 37.4 Å². The Morgan fingerprint density at radius 1 is 1.58 bits per heavy atom. The lowest BCUT2D eigenvalue weighted by Gasteiger charge is -2.02. The molecular weight excluding hydrogens is 270 g/mol. The molecule has 1 aromatic heterocycles. The van der Waals surface area contributed by atoms with Crippen molar-refractivity contribution in [1.29, 1.82) is 0 Å². The molecule has 19 heavy (non-hydrogen) atoms. The van der Waals surface area contributed by atoms with Crippen molar-refractivity contribution in [2.24, 2.45) is 0 Å². The number of ether oxygens (including phenoxy) is 1. The molecular formula is C11H15N3O4S. The molecule has 2 rings (SSSR count). The molecule has 0 bridgehead atoms. The van der Waals surface area contributed by atoms with Crippen molar-refractivity contribution in [1.82, 2.24) is 15.3 Å². The Hall–Kier alpha value is -1.77. The molecule has 0 spiro atoms. The number of carbonyl (C=O) groups is 1. The Labute approximate surface area is 113 Å². The van der Waals surface area contributed by atoms with E-state index in [4.69, 9.17) is 9.84 Å². The fourth-order valence-electron chi connectivity index (χ4n) is 1.44. The predicted molar refractivity (Wildman–Crippen MR) is 72.6 cm³/mol. The van der Waals surface area contributed by atoms with E-state index >= 15 is 0 Å². The topological polar surface area (TPSA) is 120 Å². The van der Waals surface area contributed by atoms with Crippen LogP contribution in [0.1, 0.15) is 6.92 Å². The molecule has 0 aliphatic rings. The minimum absolute atomic E-state index is 0. The highest BCUT2D eigenvalue weighted by atomic mass is 32.2. The summed E-state index contributed by atoms with van der Waals surface area (Å²) >= 11 is 0.717. The number of carboxylic acids is 1. The normalized spacial score (nSPS) is 11.9. The maximum Gasteiger partial charge on any atom is 0.345 e. The first-order chi connectivity index (χ1) is 8.60. The van der Waals surface area contributed by atoms with E-state index in [1.807, 2.05) is 13.0 Å². The maximum atomic E-state index is 10.5. The van der Waals surface area contributed by atoms with Gasteiger partial charge in [-0.15, -0.1) is 0 Å². The van der Waals surface area contributed by atoms with Gasteiger partial charge in [-0.2, -0.15) is 5.10 Å². The molecule has 0 saturated carbocycles. The smallest absolute Gasteiger partial charge is 0.345 e. The number of benzene rings is 1. The van der Waals surface area contributed by atoms with Crippen molar-refractivity contribution in [3.8, 4) is 5.75 Å². The summed E-state index contributed by atoms with van der Waals surface area (Å²) in [5.41, 5.74) is -0.825. The number of aliphatic hydroxyl groups excluding tert-OH is 1. The molecule has 0 aliphatic heterocycles. The van der Waals surface area contributed by atoms with Gasteiger partial charge in [0.1, 0.15) is 5.75 Å². The van der Waals surface area contributed by atoms with Crippen LogP contribution in [0.25, 0.3) is 10.9 Å². The number of hydrogen-bond donors (Lipinski definition) is 3. The van der Waals surface area contributed by atoms with E-state index < -0.39 is 11.4 Å². The van der Waals surface area contributed by atoms with E-state index in [0.717, 1.165) is 23.1 Å². The highest BCUT2D eigenvalue weighted by molar-refractivity contribution is 7.98. The van der Waals surface area contributed by atoms with Gasteiger partial charge >= 0.3 is 5.97 Å². The molecule has 0 aliphatic carbocycles. The van der Waals surface area contributed by atoms with E-state index in [9.17, 15) is 9.90 Å². The number of carboxylic acid groups (broad SMARTS) is 1. The van der Waals surface area contributed by atoms with Crippen molar-refractivity contribution in [2.75, 3.05) is 6.61 Å². The number of hydrogen-bond acceptors (Lipinski definition) is 6. The number of fused-ring (bicyclic) bond motifs is 1. The summed E-state index contributed by atoms with van der Waals surface area (Å²) < 4.78 is 6.69. The fraction of sp³-hybridized carbons (Fsp3) is 0.273. The monoisotopic (exact) mass is 285 g/mol. The number of nitrogens with zero attached hydrogens (tertiary/aromatic N) is 2. The van der Waals surface area contributed by atoms with Crippen LogP contribution in [0.2, 0.25) is 0 Å². The van der Waals surface area contributed by atoms with E-state index in [0.29, 0.717) is 12.1 Å². The summed E-state index contributed by atoms with van der Waals surface area (Å²) in [5.74, 6) is -0.567. The predicted octanol–water partition coefficient (Wildman–Crippen LogP) is 1.50. The molecule has 0 saturated heterocycles. The largest absolute Gasteiger partial charge is 0.494 e. The van der Waals surface area contributed by atoms with Gasteiger partial charge in [-0.1, -0.05) is 0 Å². The van der Waals surface area contributed by atoms with Gasteiger partial charge in [0.25, 0.3) is 0 Å². The third-order valence-electron chi connectivity index (χ3n) is 2.18. The van der Waals surface area contributed by atoms with Crippen LogP contribution < -0.4 is 10.9 Å². The van der Waals surface area contributed by atoms with Gasteiger partial charge in [0.2, 0.25) is 5.44 Å². The van der Waals surface area contributed by atoms with Crippen molar-refractivity contribution in [3.05, 3.63) is 24.4 Å². The minimum Gasteiger partial charge on any atom is -0.494 e. The Morgan fingerprint density at radius 3 is 2.95 bits per heavy atom. The maximum absolute atomic E-state index is 10.5. The standard InChI is InChI=1S/C11H12N2O4S.H3N/c1-2-17-8-3-4-9-7(5-8)6-13(12-9)18-11(16)10(14)15;/h3-6,11,16H,2H2,1H3,(H,14,15);1H3. The third kappa shape index (κ3) is 3.60. The van der Waals surface area contributed by atoms with Crippen molar-refractivity contribution in [3.63, 3.8) is 0 Å². The average molecular weight is 285 g/mol. The molecule has 2 aromatic rings. The first kappa shape index (κ1) is 15.3. The first-order valence-corrected chi connectivity index (χ1v) is 6.14. The second kappa shape index (κ2) is 6.41. The van der Waals surface area contributed by atoms with Crippen LogP contribution >= 0.6 is 11.9 Å². The summed E-state index contributed by atoms with van der Waals surface area (Å²) in [4.78, 5) is 10.5. The highest BCUT2D eigenvalue weighted by Gasteiger charge is 2.16. The Bertz CT molecular complexity index is 572. The number of aliphatic hydroxyl groups is 1. The van der Waals surface area contributed by atoms with Crippen molar-refractivity contribution >= 4 is 28.8 Å². The summed E-state index contributed by atoms with van der Waals surface area (Å²) in [7, 11) is 0. The van der Waals surface area contributed by atoms with Gasteiger partial charge in [0.05, 0.1) is 12.1 Å². The van der Waals surface area contributed by atoms with Crippen LogP contribution in [-0.2, 0) is 4.79 Å². The molecule has 1 unspecified atom stereocenters. The molecule has 0 fully saturated rings. The SMILES string of the molecule is CCOc1ccc2nn(SC(O)C(=O)O)cc2c1.N. The Balaban J connectivity index is 0.00000180. The van der Waals surface area contributed by atoms with Gasteiger partial charge in [-0.05, 0) is 25.1 Å². The van der Waals surface area contributed by atoms with Crippen molar-refractivity contribution < 1.29 is 19.7 Å². The minimum atomic E-state index is -1.54. The van der Waals surface area contributed by atoms with Crippen LogP contribution in [0, 0.1) is 0 Å². The number of aliphatic carboxylic acids is 1. The molecule has 8 heteroatoms. The third-order valence-corrected chi connectivity index (χ3v) is 2.99. The van der Waals surface area contributed by atoms with E-state index in [-0.39, 0.29) is 6.15 Å². The Kier molecular flexibility index (Phi) is 5.16. The lowest BCUT2D eigenvalue weighted by atomic mass is 10.2. The number of aromatic nitrogens is 2. The second-order valence-electron chi connectivity index (χ2n) is 3.48. The fourth-order valence-corrected chi connectivity index (χ4v) is 2.04. The Morgan fingerprint density at radius 2 is 2.32 bits per heavy atom. The van der Waals surface area contributed by atoms with Crippen LogP contribution in [0.5, 0.6) is 5.75 Å². The van der Waals surface area contributed by atoms with Gasteiger partial charge < -0.3 is 21.1 Å². The summed E-state index contributed by atoms with van der Waals surface area (Å²) in [6.45, 7) is 2.47. The van der Waals surface area contributed by atoms with Gasteiger partial charge in [-0.3, -0.25) is 0 Å². The zero-order valence-electron chi connectivity index (χ0n) is 10.3. The molecule has 104 valence electrons. The van der Waals surface area contributed by atoms with E-state index in [1.165, 1.54) is 4.09 Å². The highest BCUT2D eigenvalue weighted by Crippen LogP contribution is 2.22. The van der Waals surface area contributed by atoms with Crippen molar-refractivity contribution in [2.45, 2.75) is 12.4 Å². The summed E-state index contributed by atoms with van der Waals surface area (Å²) in [6.07, 6.45) is 1.65. The molecule has 5 N–H and O–H groups in total. The molecule has 0 amide bonds. The molecule has 1 aromatic carbocycles. The first-order valence-electron chi connectivity index (χ1n) is 5.30. The van der Waals surface area contributed by atoms with Crippen LogP contribution in [0.15, 0.2) is 24.4 Å². The van der Waals surface area contributed by atoms with E-state index in [2.05, 4.69) is 5.10 Å². The average Bonchev–Trinajstić information content (AvgIpc) is 2.70.